The highest BCUT2D eigenvalue weighted by Crippen LogP contribution is 2.13. The molecule has 0 saturated carbocycles. The molecule has 0 heterocycles. The number of likely N-dealkylation sites (N-methyl/N-ethyl adjacent to an activating group) is 1. The lowest BCUT2D eigenvalue weighted by atomic mass is 10.2. The van der Waals surface area contributed by atoms with Gasteiger partial charge in [-0.05, 0) is 37.2 Å². The standard InChI is InChI=1S/C16H26F2N2O/c1-13(2)10-19-11-14-5-4-6-15(9-14)21-8-7-20(3)12-16(17)18/h4-6,9,13,16,19H,7-8,10-12H2,1-3H3. The Kier molecular flexibility index (Phi) is 8.23. The Morgan fingerprint density at radius 2 is 2.05 bits per heavy atom. The van der Waals surface area contributed by atoms with Crippen LogP contribution in [-0.4, -0.2) is 44.6 Å². The number of ether oxygens (including phenoxy) is 1. The van der Waals surface area contributed by atoms with E-state index in [0.29, 0.717) is 19.1 Å². The molecule has 0 fully saturated rings. The molecule has 0 aliphatic rings. The molecule has 1 aromatic rings. The molecular weight excluding hydrogens is 274 g/mol. The van der Waals surface area contributed by atoms with Crippen LogP contribution >= 0.6 is 0 Å². The third kappa shape index (κ3) is 8.63. The Morgan fingerprint density at radius 3 is 2.71 bits per heavy atom. The molecule has 0 amide bonds. The molecule has 0 aromatic heterocycles. The van der Waals surface area contributed by atoms with Crippen molar-refractivity contribution in [3.63, 3.8) is 0 Å². The first-order valence-corrected chi connectivity index (χ1v) is 7.36. The lowest BCUT2D eigenvalue weighted by Crippen LogP contribution is -2.29. The molecule has 1 rings (SSSR count). The van der Waals surface area contributed by atoms with E-state index in [0.717, 1.165) is 24.4 Å². The summed E-state index contributed by atoms with van der Waals surface area (Å²) in [6, 6.07) is 7.87. The number of hydrogen-bond donors (Lipinski definition) is 1. The molecule has 0 spiro atoms. The van der Waals surface area contributed by atoms with Crippen LogP contribution in [0.2, 0.25) is 0 Å². The number of rotatable bonds is 10. The average Bonchev–Trinajstić information content (AvgIpc) is 2.38. The van der Waals surface area contributed by atoms with Gasteiger partial charge in [0.05, 0.1) is 6.54 Å². The molecular formula is C16H26F2N2O. The Hall–Kier alpha value is -1.20. The normalized spacial score (nSPS) is 11.6. The summed E-state index contributed by atoms with van der Waals surface area (Å²) in [5, 5.41) is 3.38. The maximum Gasteiger partial charge on any atom is 0.251 e. The van der Waals surface area contributed by atoms with Gasteiger partial charge in [0, 0.05) is 13.1 Å². The van der Waals surface area contributed by atoms with E-state index >= 15 is 0 Å². The highest BCUT2D eigenvalue weighted by molar-refractivity contribution is 5.28. The topological polar surface area (TPSA) is 24.5 Å². The second kappa shape index (κ2) is 9.68. The maximum atomic E-state index is 12.2. The van der Waals surface area contributed by atoms with Crippen LogP contribution in [0.15, 0.2) is 24.3 Å². The zero-order valence-electron chi connectivity index (χ0n) is 13.1. The van der Waals surface area contributed by atoms with E-state index in [-0.39, 0.29) is 6.54 Å². The molecule has 1 N–H and O–H groups in total. The van der Waals surface area contributed by atoms with Gasteiger partial charge in [0.1, 0.15) is 12.4 Å². The molecule has 0 bridgehead atoms. The van der Waals surface area contributed by atoms with Crippen LogP contribution in [0.3, 0.4) is 0 Å². The second-order valence-electron chi connectivity index (χ2n) is 5.67. The fraction of sp³-hybridized carbons (Fsp3) is 0.625. The summed E-state index contributed by atoms with van der Waals surface area (Å²) in [5.41, 5.74) is 1.16. The zero-order chi connectivity index (χ0) is 15.7. The monoisotopic (exact) mass is 300 g/mol. The Bertz CT molecular complexity index is 400. The first-order chi connectivity index (χ1) is 9.97. The van der Waals surface area contributed by atoms with Crippen molar-refractivity contribution in [2.75, 3.05) is 33.3 Å². The Labute approximate surface area is 126 Å². The van der Waals surface area contributed by atoms with Crippen LogP contribution < -0.4 is 10.1 Å². The van der Waals surface area contributed by atoms with Crippen LogP contribution in [0.25, 0.3) is 0 Å². The van der Waals surface area contributed by atoms with Crippen molar-refractivity contribution in [3.8, 4) is 5.75 Å². The molecule has 21 heavy (non-hydrogen) atoms. The molecule has 3 nitrogen and oxygen atoms in total. The molecule has 0 aliphatic carbocycles. The van der Waals surface area contributed by atoms with E-state index in [1.165, 1.54) is 0 Å². The SMILES string of the molecule is CC(C)CNCc1cccc(OCCN(C)CC(F)F)c1. The number of halogens is 2. The highest BCUT2D eigenvalue weighted by atomic mass is 19.3. The van der Waals surface area contributed by atoms with Gasteiger partial charge in [0.15, 0.2) is 0 Å². The molecule has 120 valence electrons. The van der Waals surface area contributed by atoms with Crippen molar-refractivity contribution < 1.29 is 13.5 Å². The summed E-state index contributed by atoms with van der Waals surface area (Å²) in [7, 11) is 1.67. The molecule has 0 saturated heterocycles. The van der Waals surface area contributed by atoms with E-state index in [2.05, 4.69) is 19.2 Å². The van der Waals surface area contributed by atoms with E-state index in [9.17, 15) is 8.78 Å². The number of alkyl halides is 2. The second-order valence-corrected chi connectivity index (χ2v) is 5.67. The number of hydrogen-bond acceptors (Lipinski definition) is 3. The first kappa shape index (κ1) is 17.9. The summed E-state index contributed by atoms with van der Waals surface area (Å²) < 4.78 is 30.0. The first-order valence-electron chi connectivity index (χ1n) is 7.36. The highest BCUT2D eigenvalue weighted by Gasteiger charge is 2.07. The van der Waals surface area contributed by atoms with Gasteiger partial charge in [-0.15, -0.1) is 0 Å². The maximum absolute atomic E-state index is 12.2. The van der Waals surface area contributed by atoms with Crippen LogP contribution in [-0.2, 0) is 6.54 Å². The number of nitrogens with zero attached hydrogens (tertiary/aromatic N) is 1. The smallest absolute Gasteiger partial charge is 0.251 e. The van der Waals surface area contributed by atoms with Crippen molar-refractivity contribution >= 4 is 0 Å². The molecule has 5 heteroatoms. The summed E-state index contributed by atoms with van der Waals surface area (Å²) in [6.45, 7) is 6.80. The van der Waals surface area contributed by atoms with E-state index in [1.807, 2.05) is 24.3 Å². The molecule has 0 unspecified atom stereocenters. The summed E-state index contributed by atoms with van der Waals surface area (Å²) in [5.74, 6) is 1.40. The summed E-state index contributed by atoms with van der Waals surface area (Å²) in [6.07, 6.45) is -2.30. The fourth-order valence-corrected chi connectivity index (χ4v) is 1.90. The van der Waals surface area contributed by atoms with Crippen molar-refractivity contribution in [3.05, 3.63) is 29.8 Å². The minimum Gasteiger partial charge on any atom is -0.492 e. The van der Waals surface area contributed by atoms with Gasteiger partial charge in [0.2, 0.25) is 0 Å². The third-order valence-electron chi connectivity index (χ3n) is 2.97. The zero-order valence-corrected chi connectivity index (χ0v) is 13.1. The Morgan fingerprint density at radius 1 is 1.29 bits per heavy atom. The number of nitrogens with one attached hydrogen (secondary N) is 1. The van der Waals surface area contributed by atoms with Crippen LogP contribution in [0.4, 0.5) is 8.78 Å². The molecule has 0 atom stereocenters. The van der Waals surface area contributed by atoms with E-state index in [4.69, 9.17) is 4.74 Å². The van der Waals surface area contributed by atoms with Crippen LogP contribution in [0.1, 0.15) is 19.4 Å². The van der Waals surface area contributed by atoms with Gasteiger partial charge in [-0.1, -0.05) is 26.0 Å². The van der Waals surface area contributed by atoms with Crippen molar-refractivity contribution in [2.45, 2.75) is 26.8 Å². The van der Waals surface area contributed by atoms with E-state index in [1.54, 1.807) is 11.9 Å². The predicted octanol–water partition coefficient (Wildman–Crippen LogP) is 3.01. The van der Waals surface area contributed by atoms with Crippen LogP contribution in [0, 0.1) is 5.92 Å². The quantitative estimate of drug-likeness (QED) is 0.719. The lowest BCUT2D eigenvalue weighted by molar-refractivity contribution is 0.0935. The van der Waals surface area contributed by atoms with Gasteiger partial charge < -0.3 is 10.1 Å². The summed E-state index contributed by atoms with van der Waals surface area (Å²) in [4.78, 5) is 1.57. The van der Waals surface area contributed by atoms with Gasteiger partial charge in [-0.2, -0.15) is 0 Å². The predicted molar refractivity (Wildman–Crippen MR) is 82.0 cm³/mol. The fourth-order valence-electron chi connectivity index (χ4n) is 1.90. The number of benzene rings is 1. The van der Waals surface area contributed by atoms with Gasteiger partial charge in [-0.3, -0.25) is 4.90 Å². The summed E-state index contributed by atoms with van der Waals surface area (Å²) >= 11 is 0. The third-order valence-corrected chi connectivity index (χ3v) is 2.97. The van der Waals surface area contributed by atoms with Gasteiger partial charge in [-0.25, -0.2) is 8.78 Å². The van der Waals surface area contributed by atoms with Gasteiger partial charge in [0.25, 0.3) is 6.43 Å². The van der Waals surface area contributed by atoms with Gasteiger partial charge >= 0.3 is 0 Å². The molecule has 0 radical (unpaired) electrons. The van der Waals surface area contributed by atoms with Crippen molar-refractivity contribution in [1.82, 2.24) is 10.2 Å². The minimum absolute atomic E-state index is 0.220. The Balaban J connectivity index is 2.32. The molecule has 1 aromatic carbocycles. The average molecular weight is 300 g/mol. The lowest BCUT2D eigenvalue weighted by Gasteiger charge is -2.16. The van der Waals surface area contributed by atoms with E-state index < -0.39 is 6.43 Å². The minimum atomic E-state index is -2.30. The van der Waals surface area contributed by atoms with Crippen molar-refractivity contribution in [1.29, 1.82) is 0 Å². The van der Waals surface area contributed by atoms with Crippen molar-refractivity contribution in [2.24, 2.45) is 5.92 Å². The largest absolute Gasteiger partial charge is 0.492 e. The van der Waals surface area contributed by atoms with Crippen LogP contribution in [0.5, 0.6) is 5.75 Å². The molecule has 0 aliphatic heterocycles.